The van der Waals surface area contributed by atoms with Crippen LogP contribution in [0.2, 0.25) is 0 Å². The minimum atomic E-state index is -0.803. The zero-order chi connectivity index (χ0) is 11.8. The molecule has 0 aliphatic rings. The topological polar surface area (TPSA) is 55.8 Å². The number of carbonyl (C=O) groups is 1. The predicted octanol–water partition coefficient (Wildman–Crippen LogP) is 1.28. The van der Waals surface area contributed by atoms with Gasteiger partial charge in [0.05, 0.1) is 12.7 Å². The van der Waals surface area contributed by atoms with Gasteiger partial charge in [0, 0.05) is 6.08 Å². The Labute approximate surface area is 90.9 Å². The molecule has 4 heteroatoms. The third kappa shape index (κ3) is 6.25. The van der Waals surface area contributed by atoms with E-state index in [4.69, 9.17) is 9.47 Å². The standard InChI is InChI=1S/C11H20O4/c1-5-8(3)14-7-10(12)9(4)15-11(13)6-2/h6,8-10,12H,2,5,7H2,1,3-4H3. The maximum atomic E-state index is 10.8. The van der Waals surface area contributed by atoms with Crippen molar-refractivity contribution < 1.29 is 19.4 Å². The van der Waals surface area contributed by atoms with Crippen molar-refractivity contribution in [2.24, 2.45) is 0 Å². The van der Waals surface area contributed by atoms with Crippen LogP contribution in [-0.4, -0.2) is 36.0 Å². The van der Waals surface area contributed by atoms with Crippen molar-refractivity contribution >= 4 is 5.97 Å². The molecule has 3 atom stereocenters. The van der Waals surface area contributed by atoms with Gasteiger partial charge in [-0.3, -0.25) is 0 Å². The molecule has 0 spiro atoms. The summed E-state index contributed by atoms with van der Waals surface area (Å²) in [6, 6.07) is 0. The van der Waals surface area contributed by atoms with Gasteiger partial charge >= 0.3 is 5.97 Å². The van der Waals surface area contributed by atoms with Gasteiger partial charge in [0.2, 0.25) is 0 Å². The highest BCUT2D eigenvalue weighted by atomic mass is 16.6. The van der Waals surface area contributed by atoms with Crippen molar-refractivity contribution in [3.8, 4) is 0 Å². The van der Waals surface area contributed by atoms with Gasteiger partial charge in [0.1, 0.15) is 12.2 Å². The molecule has 0 saturated carbocycles. The Bertz CT molecular complexity index is 203. The van der Waals surface area contributed by atoms with E-state index in [2.05, 4.69) is 6.58 Å². The molecule has 0 aliphatic heterocycles. The molecule has 0 aromatic rings. The molecular weight excluding hydrogens is 196 g/mol. The highest BCUT2D eigenvalue weighted by molar-refractivity contribution is 5.81. The van der Waals surface area contributed by atoms with Crippen LogP contribution in [-0.2, 0) is 14.3 Å². The van der Waals surface area contributed by atoms with Crippen LogP contribution in [0.5, 0.6) is 0 Å². The first-order chi connectivity index (χ1) is 7.01. The van der Waals surface area contributed by atoms with Crippen molar-refractivity contribution in [1.29, 1.82) is 0 Å². The van der Waals surface area contributed by atoms with E-state index in [1.807, 2.05) is 13.8 Å². The van der Waals surface area contributed by atoms with Crippen LogP contribution < -0.4 is 0 Å². The third-order valence-electron chi connectivity index (χ3n) is 2.14. The SMILES string of the molecule is C=CC(=O)OC(C)C(O)COC(C)CC. The first-order valence-electron chi connectivity index (χ1n) is 5.14. The van der Waals surface area contributed by atoms with Gasteiger partial charge in [0.15, 0.2) is 0 Å². The summed E-state index contributed by atoms with van der Waals surface area (Å²) in [6.45, 7) is 8.98. The zero-order valence-electron chi connectivity index (χ0n) is 9.60. The first-order valence-corrected chi connectivity index (χ1v) is 5.14. The molecule has 1 N–H and O–H groups in total. The average molecular weight is 216 g/mol. The van der Waals surface area contributed by atoms with Crippen molar-refractivity contribution in [2.45, 2.75) is 45.5 Å². The summed E-state index contributed by atoms with van der Waals surface area (Å²) in [7, 11) is 0. The predicted molar refractivity (Wildman–Crippen MR) is 57.5 cm³/mol. The molecule has 0 fully saturated rings. The molecule has 0 radical (unpaired) electrons. The van der Waals surface area contributed by atoms with Gasteiger partial charge in [-0.05, 0) is 20.3 Å². The summed E-state index contributed by atoms with van der Waals surface area (Å²) in [5.41, 5.74) is 0. The summed E-state index contributed by atoms with van der Waals surface area (Å²) in [5.74, 6) is -0.537. The second kappa shape index (κ2) is 7.43. The fourth-order valence-electron chi connectivity index (χ4n) is 0.826. The van der Waals surface area contributed by atoms with E-state index in [9.17, 15) is 9.90 Å². The van der Waals surface area contributed by atoms with Crippen LogP contribution in [0.4, 0.5) is 0 Å². The Kier molecular flexibility index (Phi) is 6.99. The van der Waals surface area contributed by atoms with Crippen LogP contribution >= 0.6 is 0 Å². The summed E-state index contributed by atoms with van der Waals surface area (Å²) in [4.78, 5) is 10.8. The van der Waals surface area contributed by atoms with E-state index < -0.39 is 18.2 Å². The summed E-state index contributed by atoms with van der Waals surface area (Å²) < 4.78 is 10.2. The highest BCUT2D eigenvalue weighted by Gasteiger charge is 2.18. The Balaban J connectivity index is 3.82. The number of aliphatic hydroxyl groups is 1. The van der Waals surface area contributed by atoms with E-state index in [0.717, 1.165) is 12.5 Å². The molecular formula is C11H20O4. The molecule has 0 saturated heterocycles. The van der Waals surface area contributed by atoms with Gasteiger partial charge in [0.25, 0.3) is 0 Å². The fraction of sp³-hybridized carbons (Fsp3) is 0.727. The van der Waals surface area contributed by atoms with E-state index in [0.29, 0.717) is 0 Å². The first kappa shape index (κ1) is 14.1. The fourth-order valence-corrected chi connectivity index (χ4v) is 0.826. The Morgan fingerprint density at radius 3 is 2.60 bits per heavy atom. The van der Waals surface area contributed by atoms with Crippen LogP contribution in [0.1, 0.15) is 27.2 Å². The van der Waals surface area contributed by atoms with Crippen molar-refractivity contribution in [3.63, 3.8) is 0 Å². The summed E-state index contributed by atoms with van der Waals surface area (Å²) in [5, 5.41) is 9.57. The lowest BCUT2D eigenvalue weighted by Crippen LogP contribution is -2.33. The van der Waals surface area contributed by atoms with E-state index in [-0.39, 0.29) is 12.7 Å². The van der Waals surface area contributed by atoms with Gasteiger partial charge in [-0.15, -0.1) is 0 Å². The van der Waals surface area contributed by atoms with E-state index in [1.54, 1.807) is 6.92 Å². The van der Waals surface area contributed by atoms with Crippen molar-refractivity contribution in [3.05, 3.63) is 12.7 Å². The van der Waals surface area contributed by atoms with Crippen molar-refractivity contribution in [2.75, 3.05) is 6.61 Å². The molecule has 0 aromatic heterocycles. The van der Waals surface area contributed by atoms with Gasteiger partial charge < -0.3 is 14.6 Å². The van der Waals surface area contributed by atoms with Crippen molar-refractivity contribution in [1.82, 2.24) is 0 Å². The third-order valence-corrected chi connectivity index (χ3v) is 2.14. The van der Waals surface area contributed by atoms with Crippen LogP contribution in [0.15, 0.2) is 12.7 Å². The lowest BCUT2D eigenvalue weighted by atomic mass is 10.2. The van der Waals surface area contributed by atoms with Crippen LogP contribution in [0.3, 0.4) is 0 Å². The van der Waals surface area contributed by atoms with Gasteiger partial charge in [-0.1, -0.05) is 13.5 Å². The summed E-state index contributed by atoms with van der Waals surface area (Å²) in [6.07, 6.45) is 0.663. The lowest BCUT2D eigenvalue weighted by Gasteiger charge is -2.20. The second-order valence-corrected chi connectivity index (χ2v) is 3.47. The van der Waals surface area contributed by atoms with Gasteiger partial charge in [-0.25, -0.2) is 4.79 Å². The molecule has 0 aliphatic carbocycles. The quantitative estimate of drug-likeness (QED) is 0.514. The molecule has 88 valence electrons. The molecule has 4 nitrogen and oxygen atoms in total. The number of rotatable bonds is 7. The maximum Gasteiger partial charge on any atom is 0.330 e. The number of carbonyl (C=O) groups excluding carboxylic acids is 1. The second-order valence-electron chi connectivity index (χ2n) is 3.47. The van der Waals surface area contributed by atoms with Crippen LogP contribution in [0, 0.1) is 0 Å². The molecule has 0 bridgehead atoms. The minimum absolute atomic E-state index is 0.0990. The van der Waals surface area contributed by atoms with Crippen LogP contribution in [0.25, 0.3) is 0 Å². The number of aliphatic hydroxyl groups excluding tert-OH is 1. The molecule has 15 heavy (non-hydrogen) atoms. The lowest BCUT2D eigenvalue weighted by molar-refractivity contribution is -0.150. The Morgan fingerprint density at radius 2 is 2.13 bits per heavy atom. The number of hydrogen-bond donors (Lipinski definition) is 1. The number of ether oxygens (including phenoxy) is 2. The van der Waals surface area contributed by atoms with E-state index in [1.165, 1.54) is 0 Å². The Morgan fingerprint density at radius 1 is 1.53 bits per heavy atom. The Hall–Kier alpha value is -0.870. The molecule has 0 aromatic carbocycles. The normalized spacial score (nSPS) is 16.5. The number of hydrogen-bond acceptors (Lipinski definition) is 4. The molecule has 0 heterocycles. The molecule has 3 unspecified atom stereocenters. The largest absolute Gasteiger partial charge is 0.457 e. The van der Waals surface area contributed by atoms with Gasteiger partial charge in [-0.2, -0.15) is 0 Å². The minimum Gasteiger partial charge on any atom is -0.457 e. The maximum absolute atomic E-state index is 10.8. The average Bonchev–Trinajstić information content (AvgIpc) is 2.24. The summed E-state index contributed by atoms with van der Waals surface area (Å²) >= 11 is 0. The van der Waals surface area contributed by atoms with E-state index >= 15 is 0 Å². The molecule has 0 amide bonds. The zero-order valence-corrected chi connectivity index (χ0v) is 9.60. The smallest absolute Gasteiger partial charge is 0.330 e. The number of esters is 1. The highest BCUT2D eigenvalue weighted by Crippen LogP contribution is 2.03. The molecule has 0 rings (SSSR count). The monoisotopic (exact) mass is 216 g/mol.